The van der Waals surface area contributed by atoms with Gasteiger partial charge in [-0.15, -0.1) is 11.8 Å². The van der Waals surface area contributed by atoms with Gasteiger partial charge >= 0.3 is 5.97 Å². The van der Waals surface area contributed by atoms with Crippen LogP contribution in [0.1, 0.15) is 72.6 Å². The smallest absolute Gasteiger partial charge is 0.335 e. The highest BCUT2D eigenvalue weighted by atomic mass is 32.2. The highest BCUT2D eigenvalue weighted by Gasteiger charge is 2.39. The Labute approximate surface area is 294 Å². The molecule has 50 heavy (non-hydrogen) atoms. The summed E-state index contributed by atoms with van der Waals surface area (Å²) in [6, 6.07) is 37.2. The zero-order valence-corrected chi connectivity index (χ0v) is 28.1. The molecule has 0 aromatic heterocycles. The number of hydrogen-bond donors (Lipinski definition) is 2. The molecule has 0 unspecified atom stereocenters. The molecule has 0 radical (unpaired) electrons. The first-order chi connectivity index (χ1) is 24.3. The molecule has 2 aliphatic heterocycles. The van der Waals surface area contributed by atoms with Crippen molar-refractivity contribution in [2.75, 3.05) is 5.75 Å². The summed E-state index contributed by atoms with van der Waals surface area (Å²) in [5.74, 6) is -0.922. The van der Waals surface area contributed by atoms with Gasteiger partial charge in [0.05, 0.1) is 42.0 Å². The van der Waals surface area contributed by atoms with Crippen molar-refractivity contribution in [2.45, 2.75) is 43.5 Å². The van der Waals surface area contributed by atoms with Crippen molar-refractivity contribution >= 4 is 29.5 Å². The highest BCUT2D eigenvalue weighted by molar-refractivity contribution is 7.99. The van der Waals surface area contributed by atoms with Crippen LogP contribution in [0.5, 0.6) is 0 Å². The SMILES string of the molecule is C[C@H]1[C@@H](CSc2ccc(C(=O)O)cc2)O[C@@H](c2ccc(-c3ccccc3CN3C(=O)c4ccccc4C3=O)cc2)O[C@H]1c1ccc(CO)cc1. The van der Waals surface area contributed by atoms with Crippen molar-refractivity contribution in [3.63, 3.8) is 0 Å². The van der Waals surface area contributed by atoms with Crippen LogP contribution in [-0.4, -0.2) is 44.8 Å². The van der Waals surface area contributed by atoms with Crippen molar-refractivity contribution in [2.24, 2.45) is 5.92 Å². The lowest BCUT2D eigenvalue weighted by atomic mass is 9.91. The number of benzene rings is 5. The van der Waals surface area contributed by atoms with E-state index in [1.165, 1.54) is 4.90 Å². The lowest BCUT2D eigenvalue weighted by molar-refractivity contribution is -0.268. The van der Waals surface area contributed by atoms with Gasteiger partial charge in [0, 0.05) is 22.1 Å². The summed E-state index contributed by atoms with van der Waals surface area (Å²) in [6.07, 6.45) is -1.13. The van der Waals surface area contributed by atoms with Crippen molar-refractivity contribution in [1.82, 2.24) is 4.90 Å². The third-order valence-corrected chi connectivity index (χ3v) is 10.5. The zero-order chi connectivity index (χ0) is 34.8. The standard InChI is InChI=1S/C41H35NO7S/c1-25-36(24-50-32-20-18-29(19-21-32)40(46)47)48-41(49-37(25)28-12-10-26(23-43)11-13-28)30-16-14-27(15-17-30)33-7-3-2-6-31(33)22-42-38(44)34-8-4-5-9-35(34)39(42)45/h2-21,25,36-37,41,43H,22-24H2,1H3,(H,46,47)/t25-,36+,37+,41+/m0/s1. The second kappa shape index (κ2) is 14.4. The Balaban J connectivity index is 1.12. The molecule has 0 aliphatic carbocycles. The molecule has 5 aromatic carbocycles. The molecule has 2 aliphatic rings. The first-order valence-corrected chi connectivity index (χ1v) is 17.4. The molecule has 1 fully saturated rings. The first kappa shape index (κ1) is 33.4. The molecule has 0 bridgehead atoms. The van der Waals surface area contributed by atoms with Crippen molar-refractivity contribution in [3.05, 3.63) is 160 Å². The number of carbonyl (C=O) groups excluding carboxylic acids is 2. The summed E-state index contributed by atoms with van der Waals surface area (Å²) in [5.41, 5.74) is 6.45. The number of hydrogen-bond acceptors (Lipinski definition) is 7. The van der Waals surface area contributed by atoms with Crippen molar-refractivity contribution < 1.29 is 34.1 Å². The quantitative estimate of drug-likeness (QED) is 0.113. The van der Waals surface area contributed by atoms with E-state index in [-0.39, 0.29) is 48.7 Å². The largest absolute Gasteiger partial charge is 0.478 e. The molecule has 9 heteroatoms. The van der Waals surface area contributed by atoms with Crippen molar-refractivity contribution in [1.29, 1.82) is 0 Å². The number of aliphatic hydroxyl groups is 1. The molecular weight excluding hydrogens is 651 g/mol. The Bertz CT molecular complexity index is 1990. The Hall–Kier alpha value is -5.06. The minimum atomic E-state index is -0.960. The summed E-state index contributed by atoms with van der Waals surface area (Å²) in [5, 5.41) is 18.9. The summed E-state index contributed by atoms with van der Waals surface area (Å²) < 4.78 is 13.3. The van der Waals surface area contributed by atoms with E-state index in [4.69, 9.17) is 9.47 Å². The van der Waals surface area contributed by atoms with E-state index in [9.17, 15) is 24.6 Å². The van der Waals surface area contributed by atoms with Gasteiger partial charge in [-0.2, -0.15) is 0 Å². The predicted octanol–water partition coefficient (Wildman–Crippen LogP) is 7.92. The first-order valence-electron chi connectivity index (χ1n) is 16.4. The number of thioether (sulfide) groups is 1. The molecule has 0 saturated carbocycles. The van der Waals surface area contributed by atoms with Gasteiger partial charge in [-0.25, -0.2) is 4.79 Å². The number of imide groups is 1. The molecule has 8 nitrogen and oxygen atoms in total. The van der Waals surface area contributed by atoms with Crippen LogP contribution in [0, 0.1) is 5.92 Å². The fourth-order valence-electron chi connectivity index (χ4n) is 6.49. The number of fused-ring (bicyclic) bond motifs is 1. The monoisotopic (exact) mass is 685 g/mol. The van der Waals surface area contributed by atoms with Gasteiger partial charge < -0.3 is 19.7 Å². The number of aromatic carboxylic acids is 1. The second-order valence-electron chi connectivity index (χ2n) is 12.5. The number of ether oxygens (including phenoxy) is 2. The lowest BCUT2D eigenvalue weighted by Crippen LogP contribution is -2.38. The van der Waals surface area contributed by atoms with Gasteiger partial charge in [0.15, 0.2) is 6.29 Å². The third-order valence-electron chi connectivity index (χ3n) is 9.36. The van der Waals surface area contributed by atoms with E-state index < -0.39 is 12.3 Å². The molecule has 2 amide bonds. The normalized spacial score (nSPS) is 20.2. The van der Waals surface area contributed by atoms with Gasteiger partial charge in [0.25, 0.3) is 11.8 Å². The fraction of sp³-hybridized carbons (Fsp3) is 0.195. The number of carbonyl (C=O) groups is 3. The summed E-state index contributed by atoms with van der Waals surface area (Å²) in [7, 11) is 0. The lowest BCUT2D eigenvalue weighted by Gasteiger charge is -2.41. The van der Waals surface area contributed by atoms with Crippen LogP contribution in [0.2, 0.25) is 0 Å². The molecule has 7 rings (SSSR count). The molecule has 0 spiro atoms. The molecular formula is C41H35NO7S. The van der Waals surface area contributed by atoms with Crippen LogP contribution < -0.4 is 0 Å². The van der Waals surface area contributed by atoms with E-state index in [2.05, 4.69) is 6.92 Å². The maximum absolute atomic E-state index is 13.1. The number of rotatable bonds is 10. The fourth-order valence-corrected chi connectivity index (χ4v) is 7.56. The van der Waals surface area contributed by atoms with Crippen LogP contribution in [0.4, 0.5) is 0 Å². The number of carboxylic acid groups (broad SMARTS) is 1. The van der Waals surface area contributed by atoms with Crippen LogP contribution in [-0.2, 0) is 22.6 Å². The van der Waals surface area contributed by atoms with E-state index in [0.717, 1.165) is 38.3 Å². The average Bonchev–Trinajstić information content (AvgIpc) is 3.39. The van der Waals surface area contributed by atoms with Gasteiger partial charge in [-0.05, 0) is 64.2 Å². The third kappa shape index (κ3) is 6.73. The minimum Gasteiger partial charge on any atom is -0.478 e. The van der Waals surface area contributed by atoms with Crippen molar-refractivity contribution in [3.8, 4) is 11.1 Å². The van der Waals surface area contributed by atoms with E-state index in [1.807, 2.05) is 84.9 Å². The Morgan fingerprint density at radius 3 is 1.96 bits per heavy atom. The molecule has 2 heterocycles. The van der Waals surface area contributed by atoms with Crippen LogP contribution >= 0.6 is 11.8 Å². The summed E-state index contributed by atoms with van der Waals surface area (Å²) in [6.45, 7) is 2.22. The number of amides is 2. The maximum Gasteiger partial charge on any atom is 0.335 e. The zero-order valence-electron chi connectivity index (χ0n) is 27.3. The van der Waals surface area contributed by atoms with Crippen LogP contribution in [0.25, 0.3) is 11.1 Å². The molecule has 2 N–H and O–H groups in total. The summed E-state index contributed by atoms with van der Waals surface area (Å²) in [4.78, 5) is 39.8. The van der Waals surface area contributed by atoms with E-state index in [1.54, 1.807) is 48.2 Å². The number of nitrogens with zero attached hydrogens (tertiary/aromatic N) is 1. The summed E-state index contributed by atoms with van der Waals surface area (Å²) >= 11 is 1.60. The van der Waals surface area contributed by atoms with E-state index >= 15 is 0 Å². The molecule has 1 saturated heterocycles. The predicted molar refractivity (Wildman–Crippen MR) is 190 cm³/mol. The van der Waals surface area contributed by atoms with Crippen LogP contribution in [0.3, 0.4) is 0 Å². The highest BCUT2D eigenvalue weighted by Crippen LogP contribution is 2.43. The molecule has 5 aromatic rings. The van der Waals surface area contributed by atoms with Crippen LogP contribution in [0.15, 0.2) is 126 Å². The average molecular weight is 686 g/mol. The topological polar surface area (TPSA) is 113 Å². The molecule has 4 atom stereocenters. The number of carboxylic acids is 1. The van der Waals surface area contributed by atoms with E-state index in [0.29, 0.717) is 16.9 Å². The Morgan fingerprint density at radius 1 is 0.740 bits per heavy atom. The second-order valence-corrected chi connectivity index (χ2v) is 13.6. The Kier molecular flexibility index (Phi) is 9.65. The minimum absolute atomic E-state index is 0.00897. The van der Waals surface area contributed by atoms with Gasteiger partial charge in [0.2, 0.25) is 0 Å². The molecule has 252 valence electrons. The number of aliphatic hydroxyl groups excluding tert-OH is 1. The van der Waals surface area contributed by atoms with Gasteiger partial charge in [-0.3, -0.25) is 14.5 Å². The Morgan fingerprint density at radius 2 is 1.34 bits per heavy atom. The maximum atomic E-state index is 13.1. The van der Waals surface area contributed by atoms with Gasteiger partial charge in [0.1, 0.15) is 0 Å². The van der Waals surface area contributed by atoms with Gasteiger partial charge in [-0.1, -0.05) is 91.9 Å².